The van der Waals surface area contributed by atoms with Crippen LogP contribution in [0.5, 0.6) is 0 Å². The molecule has 3 aromatic carbocycles. The van der Waals surface area contributed by atoms with E-state index in [0.717, 1.165) is 66.1 Å². The third kappa shape index (κ3) is 7.51. The van der Waals surface area contributed by atoms with Crippen LogP contribution in [0.4, 0.5) is 16.3 Å². The Morgan fingerprint density at radius 1 is 0.955 bits per heavy atom. The molecule has 2 N–H and O–H groups in total. The number of para-hydroxylation sites is 1. The second-order valence-electron chi connectivity index (χ2n) is 12.9. The molecule has 0 aliphatic carbocycles. The normalized spacial score (nSPS) is 14.7. The quantitative estimate of drug-likeness (QED) is 0.220. The average molecular weight is 612 g/mol. The van der Waals surface area contributed by atoms with Gasteiger partial charge in [0.05, 0.1) is 17.3 Å². The van der Waals surface area contributed by atoms with E-state index >= 15 is 0 Å². The first-order valence-electron chi connectivity index (χ1n) is 15.4. The van der Waals surface area contributed by atoms with Gasteiger partial charge in [-0.25, -0.2) is 9.48 Å². The number of hydrogen-bond donors (Lipinski definition) is 2. The molecule has 5 rings (SSSR count). The monoisotopic (exact) mass is 611 g/mol. The molecule has 4 aromatic rings. The number of aromatic nitrogens is 2. The lowest BCUT2D eigenvalue weighted by atomic mass is 9.88. The van der Waals surface area contributed by atoms with Crippen molar-refractivity contribution in [3.8, 4) is 5.69 Å². The smallest absolute Gasteiger partial charge is 0.324 e. The summed E-state index contributed by atoms with van der Waals surface area (Å²) in [5.41, 5.74) is 5.61. The second-order valence-corrected chi connectivity index (χ2v) is 13.3. The molecule has 0 bridgehead atoms. The highest BCUT2D eigenvalue weighted by Crippen LogP contribution is 2.29. The van der Waals surface area contributed by atoms with E-state index < -0.39 is 0 Å². The molecule has 7 nitrogen and oxygen atoms in total. The van der Waals surface area contributed by atoms with Crippen LogP contribution in [-0.4, -0.2) is 39.7 Å². The molecule has 1 aliphatic heterocycles. The van der Waals surface area contributed by atoms with Gasteiger partial charge in [0.15, 0.2) is 0 Å². The molecule has 8 heteroatoms. The number of nitrogens with one attached hydrogen (secondary N) is 2. The van der Waals surface area contributed by atoms with Gasteiger partial charge < -0.3 is 10.2 Å². The zero-order valence-electron chi connectivity index (χ0n) is 26.2. The van der Waals surface area contributed by atoms with Crippen LogP contribution in [0.15, 0.2) is 78.9 Å². The van der Waals surface area contributed by atoms with Gasteiger partial charge in [-0.15, -0.1) is 0 Å². The maximum absolute atomic E-state index is 13.3. The maximum Gasteiger partial charge on any atom is 0.324 e. The van der Waals surface area contributed by atoms with Gasteiger partial charge in [0, 0.05) is 35.3 Å². The fourth-order valence-corrected chi connectivity index (χ4v) is 5.77. The lowest BCUT2D eigenvalue weighted by molar-refractivity contribution is -0.133. The molecular weight excluding hydrogens is 570 g/mol. The highest BCUT2D eigenvalue weighted by molar-refractivity contribution is 6.30. The Labute approximate surface area is 265 Å². The number of amides is 3. The molecule has 1 atom stereocenters. The van der Waals surface area contributed by atoms with Gasteiger partial charge in [0.1, 0.15) is 5.82 Å². The lowest BCUT2D eigenvalue weighted by Gasteiger charge is -2.34. The van der Waals surface area contributed by atoms with Gasteiger partial charge in [-0.05, 0) is 80.5 Å². The lowest BCUT2D eigenvalue weighted by Crippen LogP contribution is -2.41. The number of carbonyl (C=O) groups is 2. The minimum atomic E-state index is -0.317. The van der Waals surface area contributed by atoms with Crippen LogP contribution in [0, 0.1) is 12.8 Å². The van der Waals surface area contributed by atoms with Gasteiger partial charge >= 0.3 is 6.03 Å². The minimum absolute atomic E-state index is 0.156. The van der Waals surface area contributed by atoms with Crippen LogP contribution in [0.1, 0.15) is 68.8 Å². The van der Waals surface area contributed by atoms with Crippen molar-refractivity contribution in [2.24, 2.45) is 5.92 Å². The van der Waals surface area contributed by atoms with Crippen LogP contribution in [-0.2, 0) is 16.6 Å². The van der Waals surface area contributed by atoms with Gasteiger partial charge in [-0.1, -0.05) is 80.4 Å². The van der Waals surface area contributed by atoms with Crippen molar-refractivity contribution in [2.45, 2.75) is 65.2 Å². The van der Waals surface area contributed by atoms with E-state index in [2.05, 4.69) is 37.5 Å². The van der Waals surface area contributed by atoms with Gasteiger partial charge in [-0.3, -0.25) is 10.1 Å². The van der Waals surface area contributed by atoms with E-state index in [1.807, 2.05) is 91.5 Å². The van der Waals surface area contributed by atoms with Crippen molar-refractivity contribution in [2.75, 3.05) is 23.7 Å². The minimum Gasteiger partial charge on any atom is -0.342 e. The van der Waals surface area contributed by atoms with Crippen molar-refractivity contribution in [1.82, 2.24) is 14.7 Å². The first-order chi connectivity index (χ1) is 21.0. The summed E-state index contributed by atoms with van der Waals surface area (Å²) in [5, 5.41) is 11.6. The molecule has 1 unspecified atom stereocenters. The molecule has 0 spiro atoms. The van der Waals surface area contributed by atoms with Crippen molar-refractivity contribution in [1.29, 1.82) is 0 Å². The van der Waals surface area contributed by atoms with Crippen molar-refractivity contribution < 1.29 is 9.59 Å². The number of likely N-dealkylation sites (tertiary alicyclic amines) is 1. The van der Waals surface area contributed by atoms with E-state index in [-0.39, 0.29) is 23.3 Å². The third-order valence-corrected chi connectivity index (χ3v) is 8.69. The molecule has 1 fully saturated rings. The summed E-state index contributed by atoms with van der Waals surface area (Å²) in [5.74, 6) is 0.991. The summed E-state index contributed by atoms with van der Waals surface area (Å²) in [4.78, 5) is 28.5. The largest absolute Gasteiger partial charge is 0.342 e. The van der Waals surface area contributed by atoms with Crippen LogP contribution in [0.25, 0.3) is 5.69 Å². The number of rotatable bonds is 7. The molecule has 1 saturated heterocycles. The summed E-state index contributed by atoms with van der Waals surface area (Å²) >= 11 is 6.03. The molecule has 230 valence electrons. The molecule has 0 saturated carbocycles. The molecule has 2 heterocycles. The van der Waals surface area contributed by atoms with Gasteiger partial charge in [-0.2, -0.15) is 5.10 Å². The van der Waals surface area contributed by atoms with Crippen LogP contribution < -0.4 is 10.6 Å². The molecule has 1 aliphatic rings. The first kappa shape index (κ1) is 31.3. The Hall–Kier alpha value is -4.10. The third-order valence-electron chi connectivity index (χ3n) is 8.44. The number of halogens is 1. The molecule has 0 radical (unpaired) electrons. The standard InChI is InChI=1S/C36H42ClN5O2/c1-24-10-16-30(17-11-24)42-33(23-32(40-42)36(3,4)5)39-35(44)38-31-9-7-6-8-28(31)22-26-18-20-41(21-19-26)34(43)25(2)27-12-14-29(37)15-13-27/h6-17,23,25-26H,18-22H2,1-5H3,(H2,38,39,44). The van der Waals surface area contributed by atoms with E-state index in [9.17, 15) is 9.59 Å². The van der Waals surface area contributed by atoms with Crippen LogP contribution >= 0.6 is 11.6 Å². The Balaban J connectivity index is 1.22. The molecular formula is C36H42ClN5O2. The topological polar surface area (TPSA) is 79.3 Å². The summed E-state index contributed by atoms with van der Waals surface area (Å²) < 4.78 is 1.79. The van der Waals surface area contributed by atoms with Crippen LogP contribution in [0.3, 0.4) is 0 Å². The number of hydrogen-bond acceptors (Lipinski definition) is 3. The summed E-state index contributed by atoms with van der Waals surface area (Å²) in [6, 6.07) is 25.2. The highest BCUT2D eigenvalue weighted by Gasteiger charge is 2.27. The molecule has 1 aromatic heterocycles. The van der Waals surface area contributed by atoms with Crippen molar-refractivity contribution in [3.05, 3.63) is 106 Å². The van der Waals surface area contributed by atoms with Gasteiger partial charge in [0.2, 0.25) is 5.91 Å². The fourth-order valence-electron chi connectivity index (χ4n) is 5.65. The Kier molecular flexibility index (Phi) is 9.45. The predicted molar refractivity (Wildman–Crippen MR) is 179 cm³/mol. The van der Waals surface area contributed by atoms with Crippen LogP contribution in [0.2, 0.25) is 5.02 Å². The summed E-state index contributed by atoms with van der Waals surface area (Å²) in [6.07, 6.45) is 2.68. The number of carbonyl (C=O) groups excluding carboxylic acids is 2. The Morgan fingerprint density at radius 2 is 1.61 bits per heavy atom. The van der Waals surface area contributed by atoms with Crippen molar-refractivity contribution >= 4 is 35.0 Å². The average Bonchev–Trinajstić information content (AvgIpc) is 3.43. The van der Waals surface area contributed by atoms with E-state index in [4.69, 9.17) is 16.7 Å². The zero-order chi connectivity index (χ0) is 31.4. The maximum atomic E-state index is 13.3. The summed E-state index contributed by atoms with van der Waals surface area (Å²) in [7, 11) is 0. The van der Waals surface area contributed by atoms with E-state index in [1.165, 1.54) is 0 Å². The zero-order valence-corrected chi connectivity index (χ0v) is 27.0. The predicted octanol–water partition coefficient (Wildman–Crippen LogP) is 8.36. The van der Waals surface area contributed by atoms with E-state index in [0.29, 0.717) is 16.8 Å². The fraction of sp³-hybridized carbons (Fsp3) is 0.361. The van der Waals surface area contributed by atoms with E-state index in [1.54, 1.807) is 4.68 Å². The molecule has 44 heavy (non-hydrogen) atoms. The van der Waals surface area contributed by atoms with Gasteiger partial charge in [0.25, 0.3) is 0 Å². The Bertz CT molecular complexity index is 1600. The number of benzene rings is 3. The number of anilines is 2. The highest BCUT2D eigenvalue weighted by atomic mass is 35.5. The number of aryl methyl sites for hydroxylation is 1. The summed E-state index contributed by atoms with van der Waals surface area (Å²) in [6.45, 7) is 11.8. The van der Waals surface area contributed by atoms with Crippen molar-refractivity contribution in [3.63, 3.8) is 0 Å². The second kappa shape index (κ2) is 13.3. The molecule has 3 amide bonds. The SMILES string of the molecule is Cc1ccc(-n2nc(C(C)(C)C)cc2NC(=O)Nc2ccccc2CC2CCN(C(=O)C(C)c3ccc(Cl)cc3)CC2)cc1. The number of piperidine rings is 1. The Morgan fingerprint density at radius 3 is 2.27 bits per heavy atom. The first-order valence-corrected chi connectivity index (χ1v) is 15.7. The number of urea groups is 1. The number of nitrogens with zero attached hydrogens (tertiary/aromatic N) is 3.